The maximum atomic E-state index is 14.2. The second-order valence-corrected chi connectivity index (χ2v) is 12.6. The van der Waals surface area contributed by atoms with E-state index in [-0.39, 0.29) is 53.9 Å². The van der Waals surface area contributed by atoms with E-state index in [9.17, 15) is 24.3 Å². The van der Waals surface area contributed by atoms with Gasteiger partial charge in [0.1, 0.15) is 17.8 Å². The Morgan fingerprint density at radius 1 is 0.929 bits per heavy atom. The van der Waals surface area contributed by atoms with Gasteiger partial charge in [0, 0.05) is 25.0 Å². The summed E-state index contributed by atoms with van der Waals surface area (Å²) >= 11 is 0. The topological polar surface area (TPSA) is 119 Å². The second kappa shape index (κ2) is 15.4. The van der Waals surface area contributed by atoms with Crippen molar-refractivity contribution < 1.29 is 24.3 Å². The van der Waals surface area contributed by atoms with E-state index in [1.165, 1.54) is 11.3 Å². The molecule has 232 valence electrons. The van der Waals surface area contributed by atoms with Crippen LogP contribution < -0.4 is 10.6 Å². The molecule has 0 bridgehead atoms. The van der Waals surface area contributed by atoms with E-state index in [2.05, 4.69) is 10.6 Å². The molecule has 2 aliphatic carbocycles. The van der Waals surface area contributed by atoms with Crippen molar-refractivity contribution in [2.75, 3.05) is 6.54 Å². The van der Waals surface area contributed by atoms with Gasteiger partial charge in [-0.1, -0.05) is 70.9 Å². The minimum atomic E-state index is -0.741. The fourth-order valence-electron chi connectivity index (χ4n) is 6.75. The molecule has 42 heavy (non-hydrogen) atoms. The van der Waals surface area contributed by atoms with E-state index in [0.717, 1.165) is 63.4 Å². The summed E-state index contributed by atoms with van der Waals surface area (Å²) in [5.74, 6) is -0.680. The van der Waals surface area contributed by atoms with Gasteiger partial charge in [0.2, 0.25) is 11.8 Å². The number of nitrogens with zero attached hydrogens (tertiary/aromatic N) is 2. The van der Waals surface area contributed by atoms with Crippen LogP contribution in [-0.4, -0.2) is 69.4 Å². The summed E-state index contributed by atoms with van der Waals surface area (Å²) in [6, 6.07) is 4.96. The highest BCUT2D eigenvalue weighted by Crippen LogP contribution is 2.29. The van der Waals surface area contributed by atoms with Crippen molar-refractivity contribution in [1.29, 1.82) is 0 Å². The van der Waals surface area contributed by atoms with Crippen LogP contribution in [0.15, 0.2) is 24.3 Å². The minimum Gasteiger partial charge on any atom is -0.508 e. The molecule has 2 saturated carbocycles. The lowest BCUT2D eigenvalue weighted by molar-refractivity contribution is -0.146. The van der Waals surface area contributed by atoms with Gasteiger partial charge >= 0.3 is 6.03 Å². The number of phenols is 1. The number of rotatable bonds is 10. The molecule has 0 unspecified atom stereocenters. The fraction of sp³-hybridized carbons (Fsp3) is 0.697. The van der Waals surface area contributed by atoms with Crippen LogP contribution >= 0.6 is 0 Å². The number of nitrogens with one attached hydrogen (secondary N) is 2. The van der Waals surface area contributed by atoms with Gasteiger partial charge in [0.25, 0.3) is 5.91 Å². The first-order chi connectivity index (χ1) is 20.3. The summed E-state index contributed by atoms with van der Waals surface area (Å²) in [7, 11) is 0. The number of benzene rings is 1. The monoisotopic (exact) mass is 582 g/mol. The van der Waals surface area contributed by atoms with E-state index in [1.54, 1.807) is 29.2 Å². The van der Waals surface area contributed by atoms with Crippen molar-refractivity contribution in [3.8, 4) is 5.75 Å². The van der Waals surface area contributed by atoms with Crippen LogP contribution in [0.4, 0.5) is 4.79 Å². The Labute approximate surface area is 250 Å². The lowest BCUT2D eigenvalue weighted by Gasteiger charge is -2.38. The zero-order valence-electron chi connectivity index (χ0n) is 25.5. The summed E-state index contributed by atoms with van der Waals surface area (Å²) in [5, 5.41) is 15.6. The van der Waals surface area contributed by atoms with Crippen LogP contribution in [0.2, 0.25) is 0 Å². The minimum absolute atomic E-state index is 0.0954. The highest BCUT2D eigenvalue weighted by molar-refractivity contribution is 6.00. The smallest absolute Gasteiger partial charge is 0.324 e. The van der Waals surface area contributed by atoms with Crippen LogP contribution in [0.25, 0.3) is 0 Å². The number of carbonyl (C=O) groups excluding carboxylic acids is 4. The molecule has 1 aromatic carbocycles. The predicted octanol–water partition coefficient (Wildman–Crippen LogP) is 5.05. The fourth-order valence-corrected chi connectivity index (χ4v) is 6.75. The van der Waals surface area contributed by atoms with Crippen LogP contribution in [-0.2, 0) is 20.8 Å². The summed E-state index contributed by atoms with van der Waals surface area (Å²) in [5.41, 5.74) is 0.925. The third-order valence-electron chi connectivity index (χ3n) is 9.52. The van der Waals surface area contributed by atoms with Crippen molar-refractivity contribution in [1.82, 2.24) is 20.4 Å². The Hall–Kier alpha value is -3.10. The van der Waals surface area contributed by atoms with Crippen molar-refractivity contribution in [2.24, 2.45) is 5.92 Å². The van der Waals surface area contributed by atoms with Crippen LogP contribution in [0.3, 0.4) is 0 Å². The Bertz CT molecular complexity index is 1060. The maximum Gasteiger partial charge on any atom is 0.324 e. The zero-order chi connectivity index (χ0) is 30.1. The molecule has 0 aromatic heterocycles. The number of carbonyl (C=O) groups is 4. The van der Waals surface area contributed by atoms with E-state index < -0.39 is 12.1 Å². The number of aromatic hydroxyl groups is 1. The Kier molecular flexibility index (Phi) is 11.7. The zero-order valence-corrected chi connectivity index (χ0v) is 25.5. The van der Waals surface area contributed by atoms with Gasteiger partial charge in [0.05, 0.1) is 0 Å². The molecule has 1 heterocycles. The average Bonchev–Trinajstić information content (AvgIpc) is 3.50. The number of hydrogen-bond acceptors (Lipinski definition) is 5. The first kappa shape index (κ1) is 31.8. The van der Waals surface area contributed by atoms with E-state index in [4.69, 9.17) is 0 Å². The van der Waals surface area contributed by atoms with Gasteiger partial charge in [-0.2, -0.15) is 0 Å². The third-order valence-corrected chi connectivity index (χ3v) is 9.52. The molecular formula is C33H50N4O5. The van der Waals surface area contributed by atoms with Crippen molar-refractivity contribution in [2.45, 2.75) is 134 Å². The number of amides is 5. The molecule has 0 radical (unpaired) electrons. The van der Waals surface area contributed by atoms with Crippen LogP contribution in [0.5, 0.6) is 5.75 Å². The lowest BCUT2D eigenvalue weighted by Crippen LogP contribution is -2.60. The lowest BCUT2D eigenvalue weighted by atomic mass is 9.93. The number of imide groups is 1. The molecule has 3 aliphatic rings. The van der Waals surface area contributed by atoms with Crippen molar-refractivity contribution in [3.05, 3.63) is 29.8 Å². The number of phenolic OH excluding ortho intramolecular Hbond substituents is 1. The summed E-state index contributed by atoms with van der Waals surface area (Å²) < 4.78 is 0. The molecule has 4 rings (SSSR count). The van der Waals surface area contributed by atoms with E-state index in [0.29, 0.717) is 32.2 Å². The van der Waals surface area contributed by atoms with Crippen molar-refractivity contribution >= 4 is 23.8 Å². The quantitative estimate of drug-likeness (QED) is 0.357. The molecule has 9 heteroatoms. The molecule has 5 amide bonds. The Morgan fingerprint density at radius 2 is 1.57 bits per heavy atom. The molecule has 3 N–H and O–H groups in total. The standard InChI is InChI=1S/C33H50N4O5/c1-3-23(2)30(35-29(39)21-18-24-16-19-27(38)20-17-24)32(41)36-22-10-15-28(36)31(40)37(26-13-8-5-9-14-26)33(42)34-25-11-6-4-7-12-25/h16-17,19-20,23,25-26,28,30,38H,3-15,18,21-22H2,1-2H3,(H,34,42)(H,35,39)/t23-,28-,30-/m0/s1. The number of hydrogen-bond donors (Lipinski definition) is 3. The third kappa shape index (κ3) is 8.26. The first-order valence-electron chi connectivity index (χ1n) is 16.3. The molecule has 1 saturated heterocycles. The van der Waals surface area contributed by atoms with Gasteiger partial charge in [-0.25, -0.2) is 4.79 Å². The van der Waals surface area contributed by atoms with Gasteiger partial charge < -0.3 is 20.6 Å². The predicted molar refractivity (Wildman–Crippen MR) is 162 cm³/mol. The molecule has 9 nitrogen and oxygen atoms in total. The molecule has 1 aliphatic heterocycles. The molecule has 3 fully saturated rings. The largest absolute Gasteiger partial charge is 0.508 e. The van der Waals surface area contributed by atoms with Crippen LogP contribution in [0.1, 0.15) is 109 Å². The van der Waals surface area contributed by atoms with Gasteiger partial charge in [0.15, 0.2) is 0 Å². The molecule has 0 spiro atoms. The van der Waals surface area contributed by atoms with Gasteiger partial charge in [-0.15, -0.1) is 0 Å². The van der Waals surface area contributed by atoms with Gasteiger partial charge in [-0.05, 0) is 68.6 Å². The SMILES string of the molecule is CC[C@H](C)[C@H](NC(=O)CCc1ccc(O)cc1)C(=O)N1CCC[C@H]1C(=O)N(C(=O)NC1CCCCC1)C1CCCCC1. The number of aryl methyl sites for hydroxylation is 1. The molecule has 3 atom stereocenters. The Morgan fingerprint density at radius 3 is 2.21 bits per heavy atom. The molecule has 1 aromatic rings. The summed E-state index contributed by atoms with van der Waals surface area (Å²) in [4.78, 5) is 57.9. The highest BCUT2D eigenvalue weighted by Gasteiger charge is 2.44. The Balaban J connectivity index is 1.46. The first-order valence-corrected chi connectivity index (χ1v) is 16.3. The number of urea groups is 1. The summed E-state index contributed by atoms with van der Waals surface area (Å²) in [6.07, 6.45) is 12.5. The second-order valence-electron chi connectivity index (χ2n) is 12.6. The maximum absolute atomic E-state index is 14.2. The van der Waals surface area contributed by atoms with Crippen LogP contribution in [0, 0.1) is 5.92 Å². The van der Waals surface area contributed by atoms with Crippen molar-refractivity contribution in [3.63, 3.8) is 0 Å². The van der Waals surface area contributed by atoms with E-state index >= 15 is 0 Å². The normalized spacial score (nSPS) is 21.4. The highest BCUT2D eigenvalue weighted by atomic mass is 16.3. The van der Waals surface area contributed by atoms with Gasteiger partial charge in [-0.3, -0.25) is 19.3 Å². The molecular weight excluding hydrogens is 532 g/mol. The average molecular weight is 583 g/mol. The summed E-state index contributed by atoms with van der Waals surface area (Å²) in [6.45, 7) is 4.37. The van der Waals surface area contributed by atoms with E-state index in [1.807, 2.05) is 13.8 Å². The number of likely N-dealkylation sites (tertiary alicyclic amines) is 1.